The minimum atomic E-state index is 0.702. The molecule has 0 aromatic heterocycles. The molecule has 4 nitrogen and oxygen atoms in total. The Kier molecular flexibility index (Phi) is 4.14. The molecule has 0 saturated heterocycles. The third-order valence-corrected chi connectivity index (χ3v) is 5.83. The molecule has 1 aliphatic heterocycles. The number of rotatable bonds is 3. The molecule has 116 valence electrons. The van der Waals surface area contributed by atoms with Crippen molar-refractivity contribution in [2.45, 2.75) is 9.79 Å². The van der Waals surface area contributed by atoms with Crippen molar-refractivity contribution in [1.82, 2.24) is 0 Å². The lowest BCUT2D eigenvalue weighted by Gasteiger charge is -2.31. The second-order valence-corrected chi connectivity index (χ2v) is 6.61. The molecular weight excluding hydrogens is 366 g/mol. The topological polar surface area (TPSA) is 30.9 Å². The molecule has 0 saturated carbocycles. The summed E-state index contributed by atoms with van der Waals surface area (Å²) < 4.78 is 17.1. The van der Waals surface area contributed by atoms with E-state index in [2.05, 4.69) is 26.9 Å². The van der Waals surface area contributed by atoms with Crippen molar-refractivity contribution in [3.05, 3.63) is 28.7 Å². The van der Waals surface area contributed by atoms with Crippen molar-refractivity contribution >= 4 is 39.1 Å². The van der Waals surface area contributed by atoms with Crippen LogP contribution in [0.2, 0.25) is 0 Å². The van der Waals surface area contributed by atoms with Crippen molar-refractivity contribution in [1.29, 1.82) is 0 Å². The predicted octanol–water partition coefficient (Wildman–Crippen LogP) is 4.71. The molecule has 0 N–H and O–H groups in total. The molecular formula is C16H16BrNO3S. The average Bonchev–Trinajstić information content (AvgIpc) is 2.55. The maximum Gasteiger partial charge on any atom is 0.176 e. The van der Waals surface area contributed by atoms with E-state index in [0.717, 1.165) is 31.4 Å². The van der Waals surface area contributed by atoms with Crippen molar-refractivity contribution in [3.8, 4) is 17.2 Å². The van der Waals surface area contributed by atoms with E-state index in [4.69, 9.17) is 14.2 Å². The molecule has 0 aliphatic carbocycles. The second-order valence-electron chi connectivity index (χ2n) is 4.77. The van der Waals surface area contributed by atoms with Crippen LogP contribution in [0.3, 0.4) is 0 Å². The molecule has 0 amide bonds. The summed E-state index contributed by atoms with van der Waals surface area (Å²) in [5.41, 5.74) is 2.21. The molecule has 6 heteroatoms. The first kappa shape index (κ1) is 15.4. The summed E-state index contributed by atoms with van der Waals surface area (Å²) in [4.78, 5) is 4.39. The van der Waals surface area contributed by atoms with Crippen LogP contribution in [-0.4, -0.2) is 28.4 Å². The lowest BCUT2D eigenvalue weighted by atomic mass is 10.2. The van der Waals surface area contributed by atoms with Crippen LogP contribution in [0.1, 0.15) is 0 Å². The smallest absolute Gasteiger partial charge is 0.176 e. The van der Waals surface area contributed by atoms with Gasteiger partial charge in [-0.15, -0.1) is 0 Å². The first-order chi connectivity index (χ1) is 10.6. The van der Waals surface area contributed by atoms with Gasteiger partial charge < -0.3 is 19.1 Å². The first-order valence-electron chi connectivity index (χ1n) is 6.64. The Labute approximate surface area is 142 Å². The molecule has 1 aliphatic rings. The van der Waals surface area contributed by atoms with E-state index in [1.54, 1.807) is 33.1 Å². The number of benzene rings is 2. The van der Waals surface area contributed by atoms with Gasteiger partial charge in [-0.25, -0.2) is 0 Å². The van der Waals surface area contributed by atoms with E-state index in [-0.39, 0.29) is 0 Å². The van der Waals surface area contributed by atoms with Gasteiger partial charge in [0.05, 0.1) is 42.1 Å². The van der Waals surface area contributed by atoms with Gasteiger partial charge in [-0.2, -0.15) is 0 Å². The summed E-state index contributed by atoms with van der Waals surface area (Å²) in [6, 6.07) is 8.08. The van der Waals surface area contributed by atoms with Crippen LogP contribution in [0.15, 0.2) is 38.5 Å². The third-order valence-electron chi connectivity index (χ3n) is 3.65. The Bertz CT molecular complexity index is 736. The fraction of sp³-hybridized carbons (Fsp3) is 0.250. The van der Waals surface area contributed by atoms with Crippen LogP contribution < -0.4 is 19.1 Å². The molecule has 0 spiro atoms. The molecule has 0 unspecified atom stereocenters. The lowest BCUT2D eigenvalue weighted by molar-refractivity contribution is 0.352. The van der Waals surface area contributed by atoms with Crippen LogP contribution in [0.4, 0.5) is 11.4 Å². The van der Waals surface area contributed by atoms with Crippen LogP contribution in [0.5, 0.6) is 17.2 Å². The summed E-state index contributed by atoms with van der Waals surface area (Å²) in [5.74, 6) is 2.26. The summed E-state index contributed by atoms with van der Waals surface area (Å²) in [6.45, 7) is 0. The summed E-state index contributed by atoms with van der Waals surface area (Å²) >= 11 is 5.34. The number of anilines is 2. The van der Waals surface area contributed by atoms with Crippen LogP contribution in [0.25, 0.3) is 0 Å². The Morgan fingerprint density at radius 2 is 1.77 bits per heavy atom. The summed E-state index contributed by atoms with van der Waals surface area (Å²) in [7, 11) is 7.01. The van der Waals surface area contributed by atoms with Gasteiger partial charge in [0.15, 0.2) is 11.5 Å². The minimum absolute atomic E-state index is 0.702. The van der Waals surface area contributed by atoms with Crippen molar-refractivity contribution in [2.24, 2.45) is 0 Å². The van der Waals surface area contributed by atoms with E-state index in [1.807, 2.05) is 25.2 Å². The Balaban J connectivity index is 2.18. The third kappa shape index (κ3) is 2.30. The van der Waals surface area contributed by atoms with Crippen LogP contribution in [0, 0.1) is 0 Å². The Hall–Kier alpha value is -1.53. The summed E-state index contributed by atoms with van der Waals surface area (Å²) in [6.07, 6.45) is 0. The van der Waals surface area contributed by atoms with Gasteiger partial charge in [0.1, 0.15) is 5.75 Å². The lowest BCUT2D eigenvalue weighted by Crippen LogP contribution is -2.15. The SMILES string of the molecule is COc1ccc2c(c1)Sc1c(cc(OC)c(OC)c1Br)N2C. The molecule has 0 atom stereocenters. The maximum atomic E-state index is 5.47. The molecule has 0 fully saturated rings. The fourth-order valence-electron chi connectivity index (χ4n) is 2.49. The van der Waals surface area contributed by atoms with Gasteiger partial charge in [-0.1, -0.05) is 11.8 Å². The van der Waals surface area contributed by atoms with Crippen molar-refractivity contribution in [2.75, 3.05) is 33.3 Å². The minimum Gasteiger partial charge on any atom is -0.497 e. The molecule has 0 radical (unpaired) electrons. The quantitative estimate of drug-likeness (QED) is 0.768. The van der Waals surface area contributed by atoms with Gasteiger partial charge >= 0.3 is 0 Å². The monoisotopic (exact) mass is 381 g/mol. The average molecular weight is 382 g/mol. The van der Waals surface area contributed by atoms with Gasteiger partial charge in [-0.05, 0) is 34.1 Å². The van der Waals surface area contributed by atoms with Crippen LogP contribution >= 0.6 is 27.7 Å². The number of hydrogen-bond acceptors (Lipinski definition) is 5. The predicted molar refractivity (Wildman–Crippen MR) is 92.4 cm³/mol. The highest BCUT2D eigenvalue weighted by molar-refractivity contribution is 9.10. The Morgan fingerprint density at radius 3 is 2.41 bits per heavy atom. The van der Waals surface area contributed by atoms with Crippen molar-refractivity contribution < 1.29 is 14.2 Å². The highest BCUT2D eigenvalue weighted by Gasteiger charge is 2.27. The molecule has 3 rings (SSSR count). The first-order valence-corrected chi connectivity index (χ1v) is 8.25. The molecule has 2 aromatic rings. The molecule has 2 aromatic carbocycles. The molecule has 1 heterocycles. The number of nitrogens with zero attached hydrogens (tertiary/aromatic N) is 1. The molecule has 0 bridgehead atoms. The van der Waals surface area contributed by atoms with E-state index >= 15 is 0 Å². The highest BCUT2D eigenvalue weighted by Crippen LogP contribution is 2.55. The zero-order chi connectivity index (χ0) is 15.9. The largest absolute Gasteiger partial charge is 0.497 e. The normalized spacial score (nSPS) is 12.5. The summed E-state index contributed by atoms with van der Waals surface area (Å²) in [5, 5.41) is 0. The van der Waals surface area contributed by atoms with Crippen molar-refractivity contribution in [3.63, 3.8) is 0 Å². The van der Waals surface area contributed by atoms with Gasteiger partial charge in [0, 0.05) is 18.0 Å². The van der Waals surface area contributed by atoms with Gasteiger partial charge in [0.2, 0.25) is 0 Å². The number of halogens is 1. The van der Waals surface area contributed by atoms with Crippen LogP contribution in [-0.2, 0) is 0 Å². The maximum absolute atomic E-state index is 5.47. The number of fused-ring (bicyclic) bond motifs is 2. The Morgan fingerprint density at radius 1 is 1.00 bits per heavy atom. The van der Waals surface area contributed by atoms with E-state index in [1.165, 1.54) is 0 Å². The molecule has 22 heavy (non-hydrogen) atoms. The van der Waals surface area contributed by atoms with E-state index < -0.39 is 0 Å². The van der Waals surface area contributed by atoms with E-state index in [9.17, 15) is 0 Å². The van der Waals surface area contributed by atoms with Gasteiger partial charge in [-0.3, -0.25) is 0 Å². The zero-order valence-corrected chi connectivity index (χ0v) is 15.2. The standard InChI is InChI=1S/C16H16BrNO3S/c1-18-10-6-5-9(19-2)7-13(10)22-16-11(18)8-12(20-3)15(21-4)14(16)17/h5-8H,1-4H3. The number of ether oxygens (including phenoxy) is 3. The fourth-order valence-corrected chi connectivity index (χ4v) is 4.48. The number of hydrogen-bond donors (Lipinski definition) is 0. The van der Waals surface area contributed by atoms with Gasteiger partial charge in [0.25, 0.3) is 0 Å². The number of methoxy groups -OCH3 is 3. The zero-order valence-electron chi connectivity index (χ0n) is 12.8. The van der Waals surface area contributed by atoms with E-state index in [0.29, 0.717) is 11.5 Å². The second kappa shape index (κ2) is 5.93. The highest BCUT2D eigenvalue weighted by atomic mass is 79.9.